The summed E-state index contributed by atoms with van der Waals surface area (Å²) in [6.07, 6.45) is 4.95. The second-order valence-electron chi connectivity index (χ2n) is 3.65. The summed E-state index contributed by atoms with van der Waals surface area (Å²) in [5, 5.41) is 0. The molecule has 1 atom stereocenters. The predicted octanol–water partition coefficient (Wildman–Crippen LogP) is 2.52. The highest BCUT2D eigenvalue weighted by Crippen LogP contribution is 2.31. The van der Waals surface area contributed by atoms with Crippen LogP contribution in [-0.4, -0.2) is 42.9 Å². The van der Waals surface area contributed by atoms with Crippen LogP contribution in [0.2, 0.25) is 5.54 Å². The zero-order chi connectivity index (χ0) is 12.4. The number of nitrogens with zero attached hydrogens (tertiary/aromatic N) is 1. The van der Waals surface area contributed by atoms with Gasteiger partial charge in [-0.25, -0.2) is 0 Å². The molecule has 0 bridgehead atoms. The Morgan fingerprint density at radius 2 is 1.69 bits per heavy atom. The molecule has 5 heteroatoms. The number of hydrogen-bond donors (Lipinski definition) is 0. The van der Waals surface area contributed by atoms with Gasteiger partial charge in [0.2, 0.25) is 0 Å². The van der Waals surface area contributed by atoms with Gasteiger partial charge < -0.3 is 13.3 Å². The topological polar surface area (TPSA) is 40.0 Å². The van der Waals surface area contributed by atoms with Gasteiger partial charge in [-0.05, 0) is 26.0 Å². The van der Waals surface area contributed by atoms with Crippen LogP contribution in [0.15, 0.2) is 4.99 Å². The average Bonchev–Trinajstić information content (AvgIpc) is 2.32. The Morgan fingerprint density at radius 3 is 2.06 bits per heavy atom. The van der Waals surface area contributed by atoms with Crippen molar-refractivity contribution in [3.8, 4) is 0 Å². The van der Waals surface area contributed by atoms with Crippen LogP contribution >= 0.6 is 0 Å². The van der Waals surface area contributed by atoms with Gasteiger partial charge in [0.05, 0.1) is 0 Å². The van der Waals surface area contributed by atoms with Crippen molar-refractivity contribution in [3.63, 3.8) is 0 Å². The van der Waals surface area contributed by atoms with Crippen LogP contribution < -0.4 is 0 Å². The molecule has 0 saturated heterocycles. The fourth-order valence-corrected chi connectivity index (χ4v) is 4.58. The molecule has 0 aromatic rings. The summed E-state index contributed by atoms with van der Waals surface area (Å²) in [5.41, 5.74) is 0.334. The van der Waals surface area contributed by atoms with Gasteiger partial charge in [0, 0.05) is 33.4 Å². The lowest BCUT2D eigenvalue weighted by Crippen LogP contribution is -2.48. The molecule has 0 aliphatic heterocycles. The van der Waals surface area contributed by atoms with E-state index in [9.17, 15) is 0 Å². The lowest BCUT2D eigenvalue weighted by Gasteiger charge is -2.32. The Balaban J connectivity index is 4.56. The summed E-state index contributed by atoms with van der Waals surface area (Å²) in [7, 11) is 2.52. The predicted molar refractivity (Wildman–Crippen MR) is 69.1 cm³/mol. The maximum absolute atomic E-state index is 5.52. The molecular formula is C11H25NO3Si. The number of hydrogen-bond acceptors (Lipinski definition) is 4. The van der Waals surface area contributed by atoms with Crippen LogP contribution in [0.3, 0.4) is 0 Å². The average molecular weight is 247 g/mol. The Bertz CT molecular complexity index is 187. The van der Waals surface area contributed by atoms with E-state index in [1.165, 1.54) is 0 Å². The van der Waals surface area contributed by atoms with Gasteiger partial charge in [-0.3, -0.25) is 4.99 Å². The molecule has 96 valence electrons. The molecule has 0 rings (SSSR count). The van der Waals surface area contributed by atoms with Crippen molar-refractivity contribution in [1.82, 2.24) is 0 Å². The second-order valence-corrected chi connectivity index (χ2v) is 6.90. The van der Waals surface area contributed by atoms with Crippen molar-refractivity contribution < 1.29 is 13.3 Å². The molecule has 0 saturated carbocycles. The minimum absolute atomic E-state index is 0.334. The van der Waals surface area contributed by atoms with Gasteiger partial charge in [0.25, 0.3) is 0 Å². The van der Waals surface area contributed by atoms with E-state index in [1.807, 2.05) is 13.1 Å². The molecule has 0 aliphatic rings. The quantitative estimate of drug-likeness (QED) is 0.464. The van der Waals surface area contributed by atoms with E-state index in [2.05, 4.69) is 11.9 Å². The molecule has 0 radical (unpaired) electrons. The van der Waals surface area contributed by atoms with Crippen molar-refractivity contribution in [3.05, 3.63) is 0 Å². The van der Waals surface area contributed by atoms with Crippen molar-refractivity contribution in [1.29, 1.82) is 0 Å². The van der Waals surface area contributed by atoms with E-state index in [0.29, 0.717) is 5.54 Å². The molecule has 0 fully saturated rings. The summed E-state index contributed by atoms with van der Waals surface area (Å²) >= 11 is 0. The Morgan fingerprint density at radius 1 is 1.12 bits per heavy atom. The molecular weight excluding hydrogens is 222 g/mol. The smallest absolute Gasteiger partial charge is 0.377 e. The lowest BCUT2D eigenvalue weighted by atomic mass is 10.2. The highest BCUT2D eigenvalue weighted by molar-refractivity contribution is 6.62. The molecule has 0 aromatic carbocycles. The minimum Gasteiger partial charge on any atom is -0.377 e. The van der Waals surface area contributed by atoms with Crippen molar-refractivity contribution in [2.24, 2.45) is 4.99 Å². The molecule has 1 unspecified atom stereocenters. The van der Waals surface area contributed by atoms with E-state index in [1.54, 1.807) is 21.3 Å². The first kappa shape index (κ1) is 15.8. The maximum atomic E-state index is 5.52. The van der Waals surface area contributed by atoms with E-state index in [-0.39, 0.29) is 0 Å². The minimum atomic E-state index is -2.49. The summed E-state index contributed by atoms with van der Waals surface area (Å²) in [4.78, 5) is 4.24. The van der Waals surface area contributed by atoms with E-state index in [4.69, 9.17) is 13.3 Å². The van der Waals surface area contributed by atoms with Gasteiger partial charge in [0.1, 0.15) is 0 Å². The monoisotopic (exact) mass is 247 g/mol. The van der Waals surface area contributed by atoms with Crippen molar-refractivity contribution >= 4 is 15.0 Å². The molecule has 0 aromatic heterocycles. The Kier molecular flexibility index (Phi) is 8.74. The normalized spacial score (nSPS) is 14.6. The summed E-state index contributed by atoms with van der Waals surface area (Å²) in [6, 6.07) is 0. The fourth-order valence-electron chi connectivity index (χ4n) is 1.96. The summed E-state index contributed by atoms with van der Waals surface area (Å²) in [6.45, 7) is 4.91. The number of aliphatic imine (C=N–C) groups is 1. The van der Waals surface area contributed by atoms with Crippen LogP contribution in [0.4, 0.5) is 0 Å². The lowest BCUT2D eigenvalue weighted by molar-refractivity contribution is 0.108. The molecule has 0 aliphatic carbocycles. The highest BCUT2D eigenvalue weighted by Gasteiger charge is 2.46. The van der Waals surface area contributed by atoms with Gasteiger partial charge in [-0.15, -0.1) is 0 Å². The van der Waals surface area contributed by atoms with Crippen LogP contribution in [-0.2, 0) is 13.3 Å². The van der Waals surface area contributed by atoms with E-state index in [0.717, 1.165) is 25.8 Å². The van der Waals surface area contributed by atoms with Crippen LogP contribution in [0.1, 0.15) is 33.1 Å². The second kappa shape index (κ2) is 8.87. The molecule has 0 spiro atoms. The van der Waals surface area contributed by atoms with Crippen molar-refractivity contribution in [2.45, 2.75) is 38.7 Å². The van der Waals surface area contributed by atoms with Gasteiger partial charge in [-0.2, -0.15) is 0 Å². The number of rotatable bonds is 9. The highest BCUT2D eigenvalue weighted by atomic mass is 28.4. The van der Waals surface area contributed by atoms with Gasteiger partial charge >= 0.3 is 8.80 Å². The third-order valence-corrected chi connectivity index (χ3v) is 6.06. The third kappa shape index (κ3) is 4.33. The van der Waals surface area contributed by atoms with E-state index >= 15 is 0 Å². The fraction of sp³-hybridized carbons (Fsp3) is 0.909. The first-order chi connectivity index (χ1) is 7.70. The van der Waals surface area contributed by atoms with Crippen LogP contribution in [0, 0.1) is 0 Å². The first-order valence-corrected chi connectivity index (χ1v) is 7.60. The Hall–Kier alpha value is -0.233. The first-order valence-electron chi connectivity index (χ1n) is 5.80. The maximum Gasteiger partial charge on any atom is 0.503 e. The molecule has 4 nitrogen and oxygen atoms in total. The molecule has 0 heterocycles. The SMILES string of the molecule is C/C=N/CCC(CCC)[Si](OC)(OC)OC. The van der Waals surface area contributed by atoms with Gasteiger partial charge in [-0.1, -0.05) is 13.3 Å². The Labute approximate surface area is 100 Å². The van der Waals surface area contributed by atoms with E-state index < -0.39 is 8.80 Å². The van der Waals surface area contributed by atoms with Crippen LogP contribution in [0.25, 0.3) is 0 Å². The van der Waals surface area contributed by atoms with Crippen LogP contribution in [0.5, 0.6) is 0 Å². The third-order valence-electron chi connectivity index (χ3n) is 2.78. The summed E-state index contributed by atoms with van der Waals surface area (Å²) in [5.74, 6) is 0. The summed E-state index contributed by atoms with van der Waals surface area (Å²) < 4.78 is 16.6. The van der Waals surface area contributed by atoms with Gasteiger partial charge in [0.15, 0.2) is 0 Å². The molecule has 0 amide bonds. The molecule has 16 heavy (non-hydrogen) atoms. The molecule has 0 N–H and O–H groups in total. The largest absolute Gasteiger partial charge is 0.503 e. The standard InChI is InChI=1S/C11H25NO3Si/c1-6-8-11(9-10-12-7-2)16(13-3,14-4)15-5/h7,11H,6,8-10H2,1-5H3/b12-7+. The zero-order valence-electron chi connectivity index (χ0n) is 11.2. The van der Waals surface area contributed by atoms with Crippen molar-refractivity contribution in [2.75, 3.05) is 27.9 Å². The zero-order valence-corrected chi connectivity index (χ0v) is 12.2.